The van der Waals surface area contributed by atoms with Crippen LogP contribution in [0.25, 0.3) is 0 Å². The summed E-state index contributed by atoms with van der Waals surface area (Å²) in [6.07, 6.45) is 3.41. The van der Waals surface area contributed by atoms with E-state index in [2.05, 4.69) is 0 Å². The van der Waals surface area contributed by atoms with Crippen molar-refractivity contribution in [3.05, 3.63) is 22.7 Å². The van der Waals surface area contributed by atoms with Gasteiger partial charge in [0.1, 0.15) is 0 Å². The van der Waals surface area contributed by atoms with Gasteiger partial charge in [0.2, 0.25) is 0 Å². The lowest BCUT2D eigenvalue weighted by atomic mass is 10.0. The Morgan fingerprint density at radius 1 is 1.40 bits per heavy atom. The lowest BCUT2D eigenvalue weighted by molar-refractivity contribution is 0.0811. The normalized spacial score (nSPS) is 19.9. The van der Waals surface area contributed by atoms with Crippen molar-refractivity contribution >= 4 is 11.6 Å². The lowest BCUT2D eigenvalue weighted by Gasteiger charge is -2.17. The summed E-state index contributed by atoms with van der Waals surface area (Å²) < 4.78 is 16.0. The summed E-state index contributed by atoms with van der Waals surface area (Å²) in [4.78, 5) is 0. The maximum Gasteiger partial charge on any atom is 0.179 e. The van der Waals surface area contributed by atoms with Gasteiger partial charge in [0.05, 0.1) is 31.5 Å². The predicted molar refractivity (Wildman–Crippen MR) is 77.7 cm³/mol. The topological polar surface area (TPSA) is 47.9 Å². The van der Waals surface area contributed by atoms with Gasteiger partial charge in [-0.3, -0.25) is 0 Å². The second-order valence-corrected chi connectivity index (χ2v) is 5.37. The number of ether oxygens (including phenoxy) is 3. The average Bonchev–Trinajstić information content (AvgIpc) is 2.97. The highest BCUT2D eigenvalue weighted by atomic mass is 35.5. The third-order valence-corrected chi connectivity index (χ3v) is 3.91. The van der Waals surface area contributed by atoms with Crippen molar-refractivity contribution in [3.63, 3.8) is 0 Å². The van der Waals surface area contributed by atoms with Crippen molar-refractivity contribution in [1.82, 2.24) is 0 Å². The molecule has 0 radical (unpaired) electrons. The fraction of sp³-hybridized carbons (Fsp3) is 0.600. The van der Waals surface area contributed by atoms with Crippen molar-refractivity contribution in [2.24, 2.45) is 0 Å². The Balaban J connectivity index is 2.04. The minimum Gasteiger partial charge on any atom is -0.493 e. The Morgan fingerprint density at radius 3 is 2.80 bits per heavy atom. The molecule has 1 fully saturated rings. The minimum atomic E-state index is -0.573. The number of rotatable bonds is 6. The molecule has 1 aromatic carbocycles. The SMILES string of the molecule is COc1cc(C(O)CCC2CCCO2)cc(Cl)c1OC. The highest BCUT2D eigenvalue weighted by molar-refractivity contribution is 6.32. The van der Waals surface area contributed by atoms with Gasteiger partial charge in [0, 0.05) is 6.61 Å². The summed E-state index contributed by atoms with van der Waals surface area (Å²) in [7, 11) is 3.09. The Labute approximate surface area is 124 Å². The molecule has 1 aliphatic rings. The standard InChI is InChI=1S/C15H21ClO4/c1-18-14-9-10(8-12(16)15(14)19-2)13(17)6-5-11-4-3-7-20-11/h8-9,11,13,17H,3-7H2,1-2H3. The second-order valence-electron chi connectivity index (χ2n) is 4.97. The fourth-order valence-corrected chi connectivity index (χ4v) is 2.81. The first-order valence-electron chi connectivity index (χ1n) is 6.86. The summed E-state index contributed by atoms with van der Waals surface area (Å²) in [5.41, 5.74) is 0.741. The van der Waals surface area contributed by atoms with Gasteiger partial charge in [0.15, 0.2) is 11.5 Å². The van der Waals surface area contributed by atoms with Crippen LogP contribution < -0.4 is 9.47 Å². The number of aliphatic hydroxyl groups excluding tert-OH is 1. The Bertz CT molecular complexity index is 444. The zero-order chi connectivity index (χ0) is 14.5. The molecule has 0 aromatic heterocycles. The van der Waals surface area contributed by atoms with Crippen LogP contribution >= 0.6 is 11.6 Å². The molecule has 2 atom stereocenters. The van der Waals surface area contributed by atoms with Crippen molar-refractivity contribution < 1.29 is 19.3 Å². The van der Waals surface area contributed by atoms with Crippen LogP contribution in [-0.2, 0) is 4.74 Å². The predicted octanol–water partition coefficient (Wildman–Crippen LogP) is 3.35. The molecule has 0 bridgehead atoms. The van der Waals surface area contributed by atoms with Crippen molar-refractivity contribution in [1.29, 1.82) is 0 Å². The zero-order valence-electron chi connectivity index (χ0n) is 11.9. The van der Waals surface area contributed by atoms with Crippen LogP contribution in [0, 0.1) is 0 Å². The lowest BCUT2D eigenvalue weighted by Crippen LogP contribution is -2.08. The van der Waals surface area contributed by atoms with Crippen LogP contribution in [0.2, 0.25) is 5.02 Å². The molecule has 1 saturated heterocycles. The van der Waals surface area contributed by atoms with E-state index in [9.17, 15) is 5.11 Å². The third kappa shape index (κ3) is 3.57. The third-order valence-electron chi connectivity index (χ3n) is 3.63. The first-order valence-corrected chi connectivity index (χ1v) is 7.24. The summed E-state index contributed by atoms with van der Waals surface area (Å²) in [5.74, 6) is 1.02. The number of hydrogen-bond donors (Lipinski definition) is 1. The van der Waals surface area contributed by atoms with Crippen molar-refractivity contribution in [2.75, 3.05) is 20.8 Å². The Hall–Kier alpha value is -0.970. The van der Waals surface area contributed by atoms with Crippen LogP contribution in [0.1, 0.15) is 37.4 Å². The van der Waals surface area contributed by atoms with E-state index in [0.717, 1.165) is 31.4 Å². The molecule has 0 aliphatic carbocycles. The highest BCUT2D eigenvalue weighted by Gasteiger charge is 2.19. The average molecular weight is 301 g/mol. The molecule has 1 heterocycles. The maximum atomic E-state index is 10.3. The van der Waals surface area contributed by atoms with E-state index in [0.29, 0.717) is 22.9 Å². The number of methoxy groups -OCH3 is 2. The van der Waals surface area contributed by atoms with Gasteiger partial charge in [-0.05, 0) is 43.4 Å². The molecule has 0 amide bonds. The smallest absolute Gasteiger partial charge is 0.179 e. The fourth-order valence-electron chi connectivity index (χ4n) is 2.51. The molecule has 0 saturated carbocycles. The molecule has 1 aliphatic heterocycles. The van der Waals surface area contributed by atoms with E-state index in [4.69, 9.17) is 25.8 Å². The van der Waals surface area contributed by atoms with E-state index in [1.54, 1.807) is 19.2 Å². The van der Waals surface area contributed by atoms with Crippen LogP contribution in [0.4, 0.5) is 0 Å². The van der Waals surface area contributed by atoms with Gasteiger partial charge in [-0.1, -0.05) is 11.6 Å². The van der Waals surface area contributed by atoms with Gasteiger partial charge in [-0.25, -0.2) is 0 Å². The molecular formula is C15H21ClO4. The summed E-state index contributed by atoms with van der Waals surface area (Å²) >= 11 is 6.14. The molecule has 2 unspecified atom stereocenters. The summed E-state index contributed by atoms with van der Waals surface area (Å²) in [5, 5.41) is 10.7. The number of hydrogen-bond acceptors (Lipinski definition) is 4. The zero-order valence-corrected chi connectivity index (χ0v) is 12.7. The molecule has 1 aromatic rings. The molecule has 4 nitrogen and oxygen atoms in total. The van der Waals surface area contributed by atoms with Gasteiger partial charge in [-0.2, -0.15) is 0 Å². The van der Waals surface area contributed by atoms with Crippen LogP contribution in [0.3, 0.4) is 0 Å². The van der Waals surface area contributed by atoms with Crippen LogP contribution in [0.5, 0.6) is 11.5 Å². The molecular weight excluding hydrogens is 280 g/mol. The van der Waals surface area contributed by atoms with Gasteiger partial charge in [0.25, 0.3) is 0 Å². The molecule has 0 spiro atoms. The first-order chi connectivity index (χ1) is 9.65. The van der Waals surface area contributed by atoms with E-state index < -0.39 is 6.10 Å². The second kappa shape index (κ2) is 7.16. The molecule has 112 valence electrons. The van der Waals surface area contributed by atoms with E-state index in [-0.39, 0.29) is 6.10 Å². The molecule has 2 rings (SSSR count). The van der Waals surface area contributed by atoms with Crippen molar-refractivity contribution in [2.45, 2.75) is 37.9 Å². The van der Waals surface area contributed by atoms with Crippen LogP contribution in [0.15, 0.2) is 12.1 Å². The summed E-state index contributed by atoms with van der Waals surface area (Å²) in [6, 6.07) is 3.49. The Kier molecular flexibility index (Phi) is 5.52. The molecule has 5 heteroatoms. The monoisotopic (exact) mass is 300 g/mol. The highest BCUT2D eigenvalue weighted by Crippen LogP contribution is 2.38. The molecule has 1 N–H and O–H groups in total. The number of halogens is 1. The van der Waals surface area contributed by atoms with E-state index in [1.807, 2.05) is 0 Å². The number of benzene rings is 1. The number of aliphatic hydroxyl groups is 1. The largest absolute Gasteiger partial charge is 0.493 e. The quantitative estimate of drug-likeness (QED) is 0.875. The summed E-state index contributed by atoms with van der Waals surface area (Å²) in [6.45, 7) is 0.836. The molecule has 20 heavy (non-hydrogen) atoms. The minimum absolute atomic E-state index is 0.278. The van der Waals surface area contributed by atoms with Gasteiger partial charge in [-0.15, -0.1) is 0 Å². The first kappa shape index (κ1) is 15.4. The van der Waals surface area contributed by atoms with E-state index in [1.165, 1.54) is 7.11 Å². The van der Waals surface area contributed by atoms with E-state index >= 15 is 0 Å². The van der Waals surface area contributed by atoms with Gasteiger partial charge >= 0.3 is 0 Å². The van der Waals surface area contributed by atoms with Gasteiger partial charge < -0.3 is 19.3 Å². The van der Waals surface area contributed by atoms with Crippen molar-refractivity contribution in [3.8, 4) is 11.5 Å². The van der Waals surface area contributed by atoms with Crippen LogP contribution in [-0.4, -0.2) is 32.0 Å². The Morgan fingerprint density at radius 2 is 2.20 bits per heavy atom. The maximum absolute atomic E-state index is 10.3.